The summed E-state index contributed by atoms with van der Waals surface area (Å²) < 4.78 is 0. The van der Waals surface area contributed by atoms with Gasteiger partial charge in [0.2, 0.25) is 0 Å². The van der Waals surface area contributed by atoms with Gasteiger partial charge in [0.1, 0.15) is 6.17 Å². The van der Waals surface area contributed by atoms with Gasteiger partial charge < -0.3 is 4.90 Å². The van der Waals surface area contributed by atoms with Crippen molar-refractivity contribution in [1.29, 1.82) is 0 Å². The lowest BCUT2D eigenvalue weighted by molar-refractivity contribution is 0.447. The van der Waals surface area contributed by atoms with Crippen LogP contribution >= 0.6 is 12.2 Å². The van der Waals surface area contributed by atoms with Gasteiger partial charge in [-0.1, -0.05) is 30.4 Å². The molecule has 5 heteroatoms. The number of hydrazone groups is 1. The molecule has 1 N–H and O–H groups in total. The summed E-state index contributed by atoms with van der Waals surface area (Å²) in [5, 5.41) is 7.15. The molecule has 0 bridgehead atoms. The van der Waals surface area contributed by atoms with Gasteiger partial charge in [0.25, 0.3) is 0 Å². The van der Waals surface area contributed by atoms with E-state index in [4.69, 9.17) is 12.2 Å². The van der Waals surface area contributed by atoms with Crippen molar-refractivity contribution >= 4 is 34.3 Å². The van der Waals surface area contributed by atoms with Gasteiger partial charge in [-0.15, -0.1) is 0 Å². The monoisotopic (exact) mass is 270 g/mol. The second-order valence-electron chi connectivity index (χ2n) is 4.58. The molecule has 1 atom stereocenters. The first-order valence-corrected chi connectivity index (χ1v) is 6.56. The van der Waals surface area contributed by atoms with E-state index < -0.39 is 0 Å². The maximum Gasteiger partial charge on any atom is 0.158 e. The van der Waals surface area contributed by atoms with Gasteiger partial charge in [-0.25, -0.2) is 0 Å². The number of hydrogen-bond donors (Lipinski definition) is 1. The van der Waals surface area contributed by atoms with Crippen molar-refractivity contribution in [2.75, 3.05) is 7.05 Å². The van der Waals surface area contributed by atoms with Crippen molar-refractivity contribution in [3.63, 3.8) is 0 Å². The number of amidine groups is 1. The molecule has 3 rings (SSSR count). The minimum absolute atomic E-state index is 0.0290. The molecule has 4 nitrogen and oxygen atoms in total. The Morgan fingerprint density at radius 3 is 2.89 bits per heavy atom. The molecule has 0 fully saturated rings. The van der Waals surface area contributed by atoms with E-state index in [1.807, 2.05) is 37.1 Å². The Labute approximate surface area is 117 Å². The van der Waals surface area contributed by atoms with Crippen molar-refractivity contribution in [1.82, 2.24) is 15.3 Å². The zero-order chi connectivity index (χ0) is 13.4. The van der Waals surface area contributed by atoms with E-state index in [9.17, 15) is 0 Å². The largest absolute Gasteiger partial charge is 0.332 e. The van der Waals surface area contributed by atoms with Crippen LogP contribution in [0.2, 0.25) is 0 Å². The summed E-state index contributed by atoms with van der Waals surface area (Å²) >= 11 is 4.99. The Balaban J connectivity index is 2.14. The van der Waals surface area contributed by atoms with Crippen molar-refractivity contribution in [3.05, 3.63) is 41.6 Å². The minimum Gasteiger partial charge on any atom is -0.332 e. The van der Waals surface area contributed by atoms with E-state index >= 15 is 0 Å². The molecule has 2 heterocycles. The maximum atomic E-state index is 4.99. The van der Waals surface area contributed by atoms with E-state index in [-0.39, 0.29) is 6.17 Å². The van der Waals surface area contributed by atoms with Gasteiger partial charge in [-0.3, -0.25) is 10.4 Å². The van der Waals surface area contributed by atoms with Gasteiger partial charge >= 0.3 is 0 Å². The number of pyridine rings is 1. The Morgan fingerprint density at radius 1 is 1.32 bits per heavy atom. The predicted octanol–water partition coefficient (Wildman–Crippen LogP) is 2.07. The average molecular weight is 270 g/mol. The molecule has 1 unspecified atom stereocenters. The first-order chi connectivity index (χ1) is 9.20. The molecule has 1 aromatic carbocycles. The molecule has 2 aromatic rings. The predicted molar refractivity (Wildman–Crippen MR) is 81.4 cm³/mol. The second-order valence-corrected chi connectivity index (χ2v) is 4.85. The van der Waals surface area contributed by atoms with Crippen LogP contribution in [-0.4, -0.2) is 34.3 Å². The number of thiocarbonyl (C=S) groups is 1. The van der Waals surface area contributed by atoms with E-state index in [0.29, 0.717) is 0 Å². The van der Waals surface area contributed by atoms with Crippen LogP contribution in [0.3, 0.4) is 0 Å². The van der Waals surface area contributed by atoms with Crippen LogP contribution in [0, 0.1) is 6.92 Å². The second kappa shape index (κ2) is 4.59. The molecule has 0 aliphatic carbocycles. The third-order valence-electron chi connectivity index (χ3n) is 3.29. The highest BCUT2D eigenvalue weighted by Gasteiger charge is 2.24. The summed E-state index contributed by atoms with van der Waals surface area (Å²) in [5.74, 6) is 0.891. The number of aryl methyl sites for hydroxylation is 1. The number of nitrogens with one attached hydrogen (secondary N) is 1. The highest BCUT2D eigenvalue weighted by molar-refractivity contribution is 7.79. The first kappa shape index (κ1) is 12.0. The number of nitrogens with zero attached hydrogens (tertiary/aromatic N) is 3. The average Bonchev–Trinajstić information content (AvgIpc) is 2.78. The molecule has 0 saturated heterocycles. The fourth-order valence-corrected chi connectivity index (χ4v) is 2.49. The van der Waals surface area contributed by atoms with Gasteiger partial charge in [0.05, 0.1) is 5.52 Å². The van der Waals surface area contributed by atoms with Crippen LogP contribution in [0.5, 0.6) is 0 Å². The van der Waals surface area contributed by atoms with Crippen LogP contribution in [0.15, 0.2) is 35.4 Å². The zero-order valence-electron chi connectivity index (χ0n) is 10.8. The molecule has 1 aromatic heterocycles. The van der Waals surface area contributed by atoms with Gasteiger partial charge in [-0.2, -0.15) is 5.10 Å². The summed E-state index contributed by atoms with van der Waals surface area (Å²) in [5.41, 5.74) is 6.08. The molecule has 0 amide bonds. The van der Waals surface area contributed by atoms with Crippen LogP contribution in [0.4, 0.5) is 0 Å². The van der Waals surface area contributed by atoms with Crippen LogP contribution in [0.25, 0.3) is 10.9 Å². The van der Waals surface area contributed by atoms with E-state index in [2.05, 4.69) is 27.6 Å². The van der Waals surface area contributed by atoms with Crippen molar-refractivity contribution in [3.8, 4) is 0 Å². The van der Waals surface area contributed by atoms with E-state index in [0.717, 1.165) is 28.0 Å². The lowest BCUT2D eigenvalue weighted by Crippen LogP contribution is -2.38. The Bertz CT molecular complexity index is 680. The van der Waals surface area contributed by atoms with Gasteiger partial charge in [0, 0.05) is 29.1 Å². The lowest BCUT2D eigenvalue weighted by atomic mass is 10.1. The molecular formula is C14H14N4S. The molecule has 1 aliphatic rings. The number of aromatic nitrogens is 1. The maximum absolute atomic E-state index is 4.99. The molecule has 96 valence electrons. The lowest BCUT2D eigenvalue weighted by Gasteiger charge is -2.19. The Kier molecular flexibility index (Phi) is 2.91. The third kappa shape index (κ3) is 1.96. The SMILES string of the molecule is Cc1ccc2c(C3=NNC(C=S)N3C)cccc2n1. The standard InChI is InChI=1S/C14H14N4S/c1-9-6-7-10-11(4-3-5-12(10)15-9)14-17-16-13(8-19)18(14)2/h3-8,13,16H,1-2H3. The zero-order valence-corrected chi connectivity index (χ0v) is 11.6. The summed E-state index contributed by atoms with van der Waals surface area (Å²) in [6.07, 6.45) is -0.0290. The summed E-state index contributed by atoms with van der Waals surface area (Å²) in [6.45, 7) is 2.00. The smallest absolute Gasteiger partial charge is 0.158 e. The molecule has 0 radical (unpaired) electrons. The van der Waals surface area contributed by atoms with Crippen LogP contribution < -0.4 is 5.43 Å². The van der Waals surface area contributed by atoms with E-state index in [1.54, 1.807) is 5.37 Å². The Morgan fingerprint density at radius 2 is 2.16 bits per heavy atom. The van der Waals surface area contributed by atoms with Crippen molar-refractivity contribution in [2.45, 2.75) is 13.1 Å². The van der Waals surface area contributed by atoms with Crippen molar-refractivity contribution in [2.24, 2.45) is 5.10 Å². The number of hydrogen-bond acceptors (Lipinski definition) is 5. The van der Waals surface area contributed by atoms with Crippen LogP contribution in [0.1, 0.15) is 11.3 Å². The quantitative estimate of drug-likeness (QED) is 0.848. The normalized spacial score (nSPS) is 18.3. The molecular weight excluding hydrogens is 256 g/mol. The van der Waals surface area contributed by atoms with Gasteiger partial charge in [-0.05, 0) is 19.1 Å². The summed E-state index contributed by atoms with van der Waals surface area (Å²) in [4.78, 5) is 6.58. The summed E-state index contributed by atoms with van der Waals surface area (Å²) in [6, 6.07) is 10.2. The molecule has 0 saturated carbocycles. The summed E-state index contributed by atoms with van der Waals surface area (Å²) in [7, 11) is 1.98. The number of fused-ring (bicyclic) bond motifs is 1. The fraction of sp³-hybridized carbons (Fsp3) is 0.214. The number of benzene rings is 1. The molecule has 0 spiro atoms. The van der Waals surface area contributed by atoms with E-state index in [1.165, 1.54) is 0 Å². The highest BCUT2D eigenvalue weighted by atomic mass is 32.1. The van der Waals surface area contributed by atoms with Gasteiger partial charge in [0.15, 0.2) is 5.84 Å². The first-order valence-electron chi connectivity index (χ1n) is 6.09. The molecule has 19 heavy (non-hydrogen) atoms. The van der Waals surface area contributed by atoms with Crippen molar-refractivity contribution < 1.29 is 0 Å². The molecule has 1 aliphatic heterocycles. The van der Waals surface area contributed by atoms with Crippen LogP contribution in [-0.2, 0) is 0 Å². The topological polar surface area (TPSA) is 40.5 Å². The highest BCUT2D eigenvalue weighted by Crippen LogP contribution is 2.21. The minimum atomic E-state index is -0.0290. The Hall–Kier alpha value is -2.01. The number of rotatable bonds is 2. The fourth-order valence-electron chi connectivity index (χ4n) is 2.25. The third-order valence-corrected chi connectivity index (χ3v) is 3.55.